The third-order valence-electron chi connectivity index (χ3n) is 1.29. The molecule has 0 saturated carbocycles. The summed E-state index contributed by atoms with van der Waals surface area (Å²) in [6, 6.07) is 1.91. The molecule has 1 nitrogen and oxygen atoms in total. The molecule has 0 aliphatic rings. The molecule has 0 bridgehead atoms. The van der Waals surface area contributed by atoms with Crippen LogP contribution in [0.4, 0.5) is 0 Å². The van der Waals surface area contributed by atoms with Gasteiger partial charge in [0.25, 0.3) is 0 Å². The molecule has 0 spiro atoms. The molecule has 0 unspecified atom stereocenters. The Kier molecular flexibility index (Phi) is 6.55. The minimum Gasteiger partial charge on any atom is -0.465 e. The van der Waals surface area contributed by atoms with Crippen molar-refractivity contribution in [3.05, 3.63) is 35.6 Å². The van der Waals surface area contributed by atoms with Gasteiger partial charge in [-0.05, 0) is 25.0 Å². The highest BCUT2D eigenvalue weighted by atomic mass is 16.3. The highest BCUT2D eigenvalue weighted by Crippen LogP contribution is 1.81. The summed E-state index contributed by atoms with van der Waals surface area (Å²) in [7, 11) is 0. The molecule has 0 amide bonds. The molecule has 1 heteroatoms. The Morgan fingerprint density at radius 3 is 2.36 bits per heavy atom. The molecule has 0 N–H and O–H groups in total. The van der Waals surface area contributed by atoms with Gasteiger partial charge in [0.2, 0.25) is 0 Å². The van der Waals surface area contributed by atoms with Gasteiger partial charge in [-0.1, -0.05) is 39.5 Å². The van der Waals surface area contributed by atoms with Crippen LogP contribution < -0.4 is 10.6 Å². The zero-order valence-electron chi connectivity index (χ0n) is 9.58. The van der Waals surface area contributed by atoms with Crippen LogP contribution >= 0.6 is 0 Å². The van der Waals surface area contributed by atoms with E-state index in [1.165, 1.54) is 0 Å². The molecule has 1 heterocycles. The molecule has 0 aliphatic heterocycles. The van der Waals surface area contributed by atoms with Gasteiger partial charge in [0.15, 0.2) is 0 Å². The summed E-state index contributed by atoms with van der Waals surface area (Å²) < 4.78 is 5.13. The second-order valence-corrected chi connectivity index (χ2v) is 3.66. The lowest BCUT2D eigenvalue weighted by atomic mass is 10.3. The molecule has 0 fully saturated rings. The van der Waals surface area contributed by atoms with Gasteiger partial charge in [-0.15, -0.1) is 0 Å². The average Bonchev–Trinajstić information content (AvgIpc) is 2.51. The number of allylic oxidation sites excluding steroid dienone is 1. The molecule has 1 aromatic rings. The lowest BCUT2D eigenvalue weighted by Crippen LogP contribution is -2.17. The van der Waals surface area contributed by atoms with Gasteiger partial charge in [0.1, 0.15) is 5.42 Å². The topological polar surface area (TPSA) is 13.1 Å². The lowest BCUT2D eigenvalue weighted by Gasteiger charge is -1.79. The van der Waals surface area contributed by atoms with Gasteiger partial charge >= 0.3 is 0 Å². The lowest BCUT2D eigenvalue weighted by molar-refractivity contribution is 0.530. The van der Waals surface area contributed by atoms with Crippen molar-refractivity contribution >= 4 is 12.2 Å². The van der Waals surface area contributed by atoms with Gasteiger partial charge in [-0.2, -0.15) is 0 Å². The van der Waals surface area contributed by atoms with Crippen molar-refractivity contribution in [3.8, 4) is 0 Å². The summed E-state index contributed by atoms with van der Waals surface area (Å²) in [5, 5.41) is 1.08. The van der Waals surface area contributed by atoms with Gasteiger partial charge in [0.05, 0.1) is 6.26 Å². The van der Waals surface area contributed by atoms with Crippen LogP contribution in [-0.4, -0.2) is 0 Å². The molecular weight excluding hydrogens is 172 g/mol. The second kappa shape index (κ2) is 7.19. The molecule has 0 radical (unpaired) electrons. The van der Waals surface area contributed by atoms with Crippen molar-refractivity contribution in [3.63, 3.8) is 0 Å². The van der Waals surface area contributed by atoms with E-state index in [1.54, 1.807) is 12.3 Å². The first-order valence-corrected chi connectivity index (χ1v) is 4.94. The maximum absolute atomic E-state index is 5.13. The van der Waals surface area contributed by atoms with Crippen LogP contribution in [-0.2, 0) is 0 Å². The third kappa shape index (κ3) is 5.41. The van der Waals surface area contributed by atoms with Crippen LogP contribution in [0, 0.1) is 5.92 Å². The van der Waals surface area contributed by atoms with Crippen molar-refractivity contribution in [2.24, 2.45) is 5.92 Å². The zero-order chi connectivity index (χ0) is 11.0. The second-order valence-electron chi connectivity index (χ2n) is 3.66. The highest BCUT2D eigenvalue weighted by Gasteiger charge is 1.82. The standard InChI is InChI=1S/C9H10O.C4H10/c1-3-5-8-6-7-10-9(8)4-2;1-4(2)3/h3-7H,1H2,2H3;4H,1-3H3/b8-5-,9-4+;. The predicted octanol–water partition coefficient (Wildman–Crippen LogP) is 2.71. The van der Waals surface area contributed by atoms with E-state index in [0.717, 1.165) is 16.6 Å². The molecular formula is C13H20O. The van der Waals surface area contributed by atoms with Crippen LogP contribution in [0.1, 0.15) is 27.7 Å². The van der Waals surface area contributed by atoms with Gasteiger partial charge < -0.3 is 4.42 Å². The fourth-order valence-electron chi connectivity index (χ4n) is 0.830. The highest BCUT2D eigenvalue weighted by molar-refractivity contribution is 5.35. The number of hydrogen-bond donors (Lipinski definition) is 0. The fourth-order valence-corrected chi connectivity index (χ4v) is 0.830. The van der Waals surface area contributed by atoms with E-state index in [-0.39, 0.29) is 0 Å². The molecule has 78 valence electrons. The molecule has 1 rings (SSSR count). The number of furan rings is 1. The summed E-state index contributed by atoms with van der Waals surface area (Å²) in [5.41, 5.74) is 0.903. The molecule has 0 saturated heterocycles. The Labute approximate surface area is 86.4 Å². The summed E-state index contributed by atoms with van der Waals surface area (Å²) in [5.74, 6) is 0.833. The largest absolute Gasteiger partial charge is 0.465 e. The quantitative estimate of drug-likeness (QED) is 0.667. The molecule has 1 aromatic heterocycles. The molecule has 0 aliphatic carbocycles. The Morgan fingerprint density at radius 1 is 1.36 bits per heavy atom. The smallest absolute Gasteiger partial charge is 0.129 e. The van der Waals surface area contributed by atoms with Crippen molar-refractivity contribution in [1.29, 1.82) is 0 Å². The van der Waals surface area contributed by atoms with Gasteiger partial charge in [0, 0.05) is 5.22 Å². The Morgan fingerprint density at radius 2 is 1.93 bits per heavy atom. The minimum absolute atomic E-state index is 0.833. The SMILES string of the molecule is C=C/C=c1/cco/c1=C/C.CC(C)C. The third-order valence-corrected chi connectivity index (χ3v) is 1.29. The molecule has 0 aromatic carbocycles. The summed E-state index contributed by atoms with van der Waals surface area (Å²) in [6.45, 7) is 12.0. The first kappa shape index (κ1) is 12.8. The average molecular weight is 192 g/mol. The van der Waals surface area contributed by atoms with Crippen LogP contribution in [0.25, 0.3) is 12.2 Å². The van der Waals surface area contributed by atoms with Crippen molar-refractivity contribution in [1.82, 2.24) is 0 Å². The van der Waals surface area contributed by atoms with Crippen LogP contribution in [0.15, 0.2) is 29.4 Å². The van der Waals surface area contributed by atoms with Crippen LogP contribution in [0.3, 0.4) is 0 Å². The molecule has 0 atom stereocenters. The van der Waals surface area contributed by atoms with E-state index in [1.807, 2.05) is 25.1 Å². The van der Waals surface area contributed by atoms with Crippen molar-refractivity contribution in [2.75, 3.05) is 0 Å². The van der Waals surface area contributed by atoms with Gasteiger partial charge in [-0.25, -0.2) is 0 Å². The van der Waals surface area contributed by atoms with Crippen molar-refractivity contribution in [2.45, 2.75) is 27.7 Å². The Bertz CT molecular complexity index is 352. The minimum atomic E-state index is 0.833. The zero-order valence-corrected chi connectivity index (χ0v) is 9.58. The van der Waals surface area contributed by atoms with E-state index < -0.39 is 0 Å². The maximum Gasteiger partial charge on any atom is 0.129 e. The van der Waals surface area contributed by atoms with Crippen molar-refractivity contribution < 1.29 is 4.42 Å². The number of rotatable bonds is 1. The van der Waals surface area contributed by atoms with E-state index in [9.17, 15) is 0 Å². The van der Waals surface area contributed by atoms with Crippen LogP contribution in [0.2, 0.25) is 0 Å². The van der Waals surface area contributed by atoms with E-state index in [2.05, 4.69) is 27.4 Å². The number of hydrogen-bond acceptors (Lipinski definition) is 1. The first-order chi connectivity index (χ1) is 6.61. The Hall–Kier alpha value is -1.24. The summed E-state index contributed by atoms with van der Waals surface area (Å²) in [4.78, 5) is 0. The fraction of sp³-hybridized carbons (Fsp3) is 0.385. The summed E-state index contributed by atoms with van der Waals surface area (Å²) in [6.07, 6.45) is 7.26. The van der Waals surface area contributed by atoms with E-state index in [0.29, 0.717) is 0 Å². The Balaban J connectivity index is 0.000000364. The van der Waals surface area contributed by atoms with Crippen LogP contribution in [0.5, 0.6) is 0 Å². The maximum atomic E-state index is 5.13. The predicted molar refractivity (Wildman–Crippen MR) is 63.3 cm³/mol. The van der Waals surface area contributed by atoms with E-state index in [4.69, 9.17) is 4.42 Å². The first-order valence-electron chi connectivity index (χ1n) is 4.94. The van der Waals surface area contributed by atoms with Gasteiger partial charge in [-0.3, -0.25) is 0 Å². The molecule has 14 heavy (non-hydrogen) atoms. The monoisotopic (exact) mass is 192 g/mol. The van der Waals surface area contributed by atoms with E-state index >= 15 is 0 Å². The normalized spacial score (nSPS) is 12.6. The summed E-state index contributed by atoms with van der Waals surface area (Å²) >= 11 is 0.